The third-order valence-corrected chi connectivity index (χ3v) is 2.41. The van der Waals surface area contributed by atoms with E-state index in [0.29, 0.717) is 19.6 Å². The Hall–Kier alpha value is -1.42. The zero-order valence-corrected chi connectivity index (χ0v) is 9.45. The lowest BCUT2D eigenvalue weighted by Crippen LogP contribution is -2.33. The monoisotopic (exact) mass is 224 g/mol. The predicted octanol–water partition coefficient (Wildman–Crippen LogP) is 1.64. The van der Waals surface area contributed by atoms with Gasteiger partial charge in [0.25, 0.3) is 5.91 Å². The van der Waals surface area contributed by atoms with Crippen LogP contribution in [0.5, 0.6) is 0 Å². The van der Waals surface area contributed by atoms with Gasteiger partial charge >= 0.3 is 0 Å². The van der Waals surface area contributed by atoms with Crippen LogP contribution in [0, 0.1) is 5.82 Å². The maximum Gasteiger partial charge on any atom is 0.256 e. The number of halogens is 1. The molecule has 1 amide bonds. The van der Waals surface area contributed by atoms with E-state index >= 15 is 0 Å². The van der Waals surface area contributed by atoms with Gasteiger partial charge < -0.3 is 10.6 Å². The number of carbonyl (C=O) groups excluding carboxylic acids is 1. The van der Waals surface area contributed by atoms with Gasteiger partial charge in [-0.3, -0.25) is 4.79 Å². The van der Waals surface area contributed by atoms with Gasteiger partial charge in [0, 0.05) is 13.1 Å². The van der Waals surface area contributed by atoms with Crippen LogP contribution in [0.25, 0.3) is 0 Å². The molecule has 1 rings (SSSR count). The van der Waals surface area contributed by atoms with Crippen LogP contribution < -0.4 is 5.73 Å². The van der Waals surface area contributed by atoms with Gasteiger partial charge in [0.2, 0.25) is 0 Å². The van der Waals surface area contributed by atoms with Crippen LogP contribution in [0.2, 0.25) is 0 Å². The molecule has 2 N–H and O–H groups in total. The maximum absolute atomic E-state index is 13.4. The predicted molar refractivity (Wildman–Crippen MR) is 61.6 cm³/mol. The quantitative estimate of drug-likeness (QED) is 0.826. The number of benzene rings is 1. The smallest absolute Gasteiger partial charge is 0.256 e. The fourth-order valence-corrected chi connectivity index (χ4v) is 1.49. The van der Waals surface area contributed by atoms with Crippen molar-refractivity contribution in [3.63, 3.8) is 0 Å². The SMILES string of the molecule is CCN(CCCN)C(=O)c1ccccc1F. The molecule has 0 heterocycles. The van der Waals surface area contributed by atoms with Gasteiger partial charge in [-0.2, -0.15) is 0 Å². The van der Waals surface area contributed by atoms with Gasteiger partial charge in [0.05, 0.1) is 5.56 Å². The van der Waals surface area contributed by atoms with E-state index in [9.17, 15) is 9.18 Å². The van der Waals surface area contributed by atoms with Gasteiger partial charge in [0.1, 0.15) is 5.82 Å². The molecule has 1 aromatic carbocycles. The summed E-state index contributed by atoms with van der Waals surface area (Å²) in [4.78, 5) is 13.6. The van der Waals surface area contributed by atoms with E-state index in [0.717, 1.165) is 6.42 Å². The Morgan fingerprint density at radius 1 is 1.44 bits per heavy atom. The highest BCUT2D eigenvalue weighted by atomic mass is 19.1. The van der Waals surface area contributed by atoms with Gasteiger partial charge in [-0.05, 0) is 32.0 Å². The van der Waals surface area contributed by atoms with Crippen molar-refractivity contribution in [2.45, 2.75) is 13.3 Å². The molecule has 0 unspecified atom stereocenters. The summed E-state index contributed by atoms with van der Waals surface area (Å²) in [6.45, 7) is 3.53. The fourth-order valence-electron chi connectivity index (χ4n) is 1.49. The molecule has 4 heteroatoms. The molecule has 0 fully saturated rings. The molecule has 0 aliphatic rings. The van der Waals surface area contributed by atoms with E-state index in [2.05, 4.69) is 0 Å². The first-order valence-electron chi connectivity index (χ1n) is 5.44. The minimum absolute atomic E-state index is 0.126. The Balaban J connectivity index is 2.79. The minimum Gasteiger partial charge on any atom is -0.339 e. The van der Waals surface area contributed by atoms with Crippen molar-refractivity contribution in [3.05, 3.63) is 35.6 Å². The van der Waals surface area contributed by atoms with Crippen molar-refractivity contribution in [2.24, 2.45) is 5.73 Å². The number of hydrogen-bond acceptors (Lipinski definition) is 2. The molecule has 88 valence electrons. The zero-order chi connectivity index (χ0) is 12.0. The van der Waals surface area contributed by atoms with Crippen LogP contribution in [0.3, 0.4) is 0 Å². The largest absolute Gasteiger partial charge is 0.339 e. The number of rotatable bonds is 5. The molecule has 0 atom stereocenters. The number of amides is 1. The first kappa shape index (κ1) is 12.6. The molecule has 0 aromatic heterocycles. The highest BCUT2D eigenvalue weighted by Gasteiger charge is 2.16. The standard InChI is InChI=1S/C12H17FN2O/c1-2-15(9-5-8-14)12(16)10-6-3-4-7-11(10)13/h3-4,6-7H,2,5,8-9,14H2,1H3. The summed E-state index contributed by atoms with van der Waals surface area (Å²) in [6.07, 6.45) is 0.730. The second kappa shape index (κ2) is 6.23. The molecule has 0 spiro atoms. The van der Waals surface area contributed by atoms with E-state index in [1.807, 2.05) is 6.92 Å². The Labute approximate surface area is 95.0 Å². The maximum atomic E-state index is 13.4. The Morgan fingerprint density at radius 2 is 2.12 bits per heavy atom. The lowest BCUT2D eigenvalue weighted by Gasteiger charge is -2.20. The van der Waals surface area contributed by atoms with Gasteiger partial charge in [-0.1, -0.05) is 12.1 Å². The molecule has 3 nitrogen and oxygen atoms in total. The van der Waals surface area contributed by atoms with Gasteiger partial charge in [-0.25, -0.2) is 4.39 Å². The van der Waals surface area contributed by atoms with Gasteiger partial charge in [-0.15, -0.1) is 0 Å². The third kappa shape index (κ3) is 3.03. The first-order chi connectivity index (χ1) is 7.70. The summed E-state index contributed by atoms with van der Waals surface area (Å²) in [5.41, 5.74) is 5.51. The average molecular weight is 224 g/mol. The van der Waals surface area contributed by atoms with Crippen molar-refractivity contribution in [3.8, 4) is 0 Å². The lowest BCUT2D eigenvalue weighted by atomic mass is 10.2. The third-order valence-electron chi connectivity index (χ3n) is 2.41. The van der Waals surface area contributed by atoms with E-state index in [1.54, 1.807) is 17.0 Å². The van der Waals surface area contributed by atoms with Crippen LogP contribution in [0.15, 0.2) is 24.3 Å². The first-order valence-corrected chi connectivity index (χ1v) is 5.44. The van der Waals surface area contributed by atoms with E-state index in [4.69, 9.17) is 5.73 Å². The van der Waals surface area contributed by atoms with E-state index in [-0.39, 0.29) is 11.5 Å². The fraction of sp³-hybridized carbons (Fsp3) is 0.417. The van der Waals surface area contributed by atoms with Crippen molar-refractivity contribution < 1.29 is 9.18 Å². The molecule has 0 saturated carbocycles. The topological polar surface area (TPSA) is 46.3 Å². The van der Waals surface area contributed by atoms with Crippen molar-refractivity contribution in [2.75, 3.05) is 19.6 Å². The molecule has 0 aliphatic carbocycles. The average Bonchev–Trinajstić information content (AvgIpc) is 2.30. The van der Waals surface area contributed by atoms with Crippen molar-refractivity contribution in [1.82, 2.24) is 4.90 Å². The molecule has 16 heavy (non-hydrogen) atoms. The van der Waals surface area contributed by atoms with Crippen LogP contribution in [0.4, 0.5) is 4.39 Å². The number of nitrogens with zero attached hydrogens (tertiary/aromatic N) is 1. The summed E-state index contributed by atoms with van der Waals surface area (Å²) >= 11 is 0. The van der Waals surface area contributed by atoms with Crippen LogP contribution in [0.1, 0.15) is 23.7 Å². The number of hydrogen-bond donors (Lipinski definition) is 1. The van der Waals surface area contributed by atoms with Crippen LogP contribution in [-0.2, 0) is 0 Å². The van der Waals surface area contributed by atoms with Crippen LogP contribution in [-0.4, -0.2) is 30.4 Å². The summed E-state index contributed by atoms with van der Waals surface area (Å²) in [6, 6.07) is 6.03. The Bertz CT molecular complexity index is 355. The molecule has 0 bridgehead atoms. The molecular formula is C12H17FN2O. The summed E-state index contributed by atoms with van der Waals surface area (Å²) < 4.78 is 13.4. The molecule has 0 aliphatic heterocycles. The normalized spacial score (nSPS) is 10.2. The number of carbonyl (C=O) groups is 1. The second-order valence-corrected chi connectivity index (χ2v) is 3.51. The van der Waals surface area contributed by atoms with Crippen LogP contribution >= 0.6 is 0 Å². The Morgan fingerprint density at radius 3 is 2.69 bits per heavy atom. The summed E-state index contributed by atoms with van der Waals surface area (Å²) in [5.74, 6) is -0.743. The molecular weight excluding hydrogens is 207 g/mol. The second-order valence-electron chi connectivity index (χ2n) is 3.51. The van der Waals surface area contributed by atoms with E-state index in [1.165, 1.54) is 12.1 Å². The van der Waals surface area contributed by atoms with E-state index < -0.39 is 5.82 Å². The van der Waals surface area contributed by atoms with Crippen molar-refractivity contribution in [1.29, 1.82) is 0 Å². The summed E-state index contributed by atoms with van der Waals surface area (Å²) in [7, 11) is 0. The number of nitrogens with two attached hydrogens (primary N) is 1. The minimum atomic E-state index is -0.473. The molecule has 1 aromatic rings. The van der Waals surface area contributed by atoms with Gasteiger partial charge in [0.15, 0.2) is 0 Å². The Kier molecular flexibility index (Phi) is 4.92. The summed E-state index contributed by atoms with van der Waals surface area (Å²) in [5, 5.41) is 0. The highest BCUT2D eigenvalue weighted by molar-refractivity contribution is 5.94. The molecule has 0 radical (unpaired) electrons. The molecule has 0 saturated heterocycles. The highest BCUT2D eigenvalue weighted by Crippen LogP contribution is 2.10. The zero-order valence-electron chi connectivity index (χ0n) is 9.45. The lowest BCUT2D eigenvalue weighted by molar-refractivity contribution is 0.0759. The van der Waals surface area contributed by atoms with Crippen molar-refractivity contribution >= 4 is 5.91 Å².